The average Bonchev–Trinajstić information content (AvgIpc) is 2.74. The number of carbonyl (C=O) groups is 2. The molecule has 2 rings (SSSR count). The van der Waals surface area contributed by atoms with E-state index in [1.807, 2.05) is 69.3 Å². The molecule has 0 fully saturated rings. The fourth-order valence-corrected chi connectivity index (χ4v) is 4.04. The van der Waals surface area contributed by atoms with Gasteiger partial charge < -0.3 is 10.2 Å². The molecule has 1 N–H and O–H groups in total. The summed E-state index contributed by atoms with van der Waals surface area (Å²) in [5.41, 5.74) is 3.40. The number of rotatable bonds is 11. The Kier molecular flexibility index (Phi) is 9.95. The van der Waals surface area contributed by atoms with Crippen molar-refractivity contribution in [1.82, 2.24) is 10.2 Å². The minimum Gasteiger partial charge on any atom is -0.354 e. The Morgan fingerprint density at radius 1 is 1.03 bits per heavy atom. The maximum absolute atomic E-state index is 13.3. The van der Waals surface area contributed by atoms with Crippen molar-refractivity contribution in [3.8, 4) is 0 Å². The number of carbonyl (C=O) groups excluding carboxylic acids is 2. The molecule has 0 bridgehead atoms. The van der Waals surface area contributed by atoms with Gasteiger partial charge in [0.05, 0.1) is 5.75 Å². The molecule has 2 aromatic rings. The van der Waals surface area contributed by atoms with E-state index in [0.717, 1.165) is 28.9 Å². The molecule has 0 unspecified atom stereocenters. The lowest BCUT2D eigenvalue weighted by atomic mass is 10.1. The number of unbranched alkanes of at least 4 members (excludes halogenated alkanes) is 1. The second-order valence-electron chi connectivity index (χ2n) is 7.62. The predicted molar refractivity (Wildman–Crippen MR) is 126 cm³/mol. The molecule has 5 heteroatoms. The summed E-state index contributed by atoms with van der Waals surface area (Å²) < 4.78 is 0. The Hall–Kier alpha value is -2.27. The first-order valence-electron chi connectivity index (χ1n) is 10.8. The van der Waals surface area contributed by atoms with Crippen LogP contribution in [0.5, 0.6) is 0 Å². The second kappa shape index (κ2) is 12.4. The van der Waals surface area contributed by atoms with Gasteiger partial charge in [-0.2, -0.15) is 0 Å². The molecule has 30 heavy (non-hydrogen) atoms. The molecule has 2 aromatic carbocycles. The summed E-state index contributed by atoms with van der Waals surface area (Å²) in [6.45, 7) is 9.25. The summed E-state index contributed by atoms with van der Waals surface area (Å²) in [7, 11) is 0. The fraction of sp³-hybridized carbons (Fsp3) is 0.440. The zero-order chi connectivity index (χ0) is 21.9. The number of amides is 2. The summed E-state index contributed by atoms with van der Waals surface area (Å²) in [6, 6.07) is 15.8. The van der Waals surface area contributed by atoms with Crippen LogP contribution in [-0.2, 0) is 16.1 Å². The molecule has 2 amide bonds. The summed E-state index contributed by atoms with van der Waals surface area (Å²) in [4.78, 5) is 28.9. The third-order valence-electron chi connectivity index (χ3n) is 5.20. The number of thioether (sulfide) groups is 1. The van der Waals surface area contributed by atoms with Crippen molar-refractivity contribution >= 4 is 23.6 Å². The van der Waals surface area contributed by atoms with Crippen LogP contribution in [-0.4, -0.2) is 35.1 Å². The molecule has 0 aliphatic heterocycles. The first kappa shape index (κ1) is 24.0. The van der Waals surface area contributed by atoms with Crippen LogP contribution in [0.25, 0.3) is 0 Å². The number of hydrogen-bond donors (Lipinski definition) is 1. The van der Waals surface area contributed by atoms with Gasteiger partial charge in [-0.25, -0.2) is 0 Å². The van der Waals surface area contributed by atoms with Crippen LogP contribution in [0.1, 0.15) is 49.8 Å². The van der Waals surface area contributed by atoms with E-state index in [1.54, 1.807) is 4.90 Å². The maximum Gasteiger partial charge on any atom is 0.242 e. The Morgan fingerprint density at radius 3 is 2.37 bits per heavy atom. The van der Waals surface area contributed by atoms with Gasteiger partial charge in [0.1, 0.15) is 6.04 Å². The third kappa shape index (κ3) is 7.21. The number of hydrogen-bond acceptors (Lipinski definition) is 3. The van der Waals surface area contributed by atoms with E-state index in [9.17, 15) is 9.59 Å². The van der Waals surface area contributed by atoms with Gasteiger partial charge in [-0.15, -0.1) is 11.8 Å². The van der Waals surface area contributed by atoms with Crippen molar-refractivity contribution in [2.24, 2.45) is 0 Å². The first-order chi connectivity index (χ1) is 14.5. The van der Waals surface area contributed by atoms with Crippen LogP contribution in [0.15, 0.2) is 53.4 Å². The molecule has 0 aliphatic carbocycles. The van der Waals surface area contributed by atoms with Crippen molar-refractivity contribution < 1.29 is 9.59 Å². The molecule has 0 aromatic heterocycles. The van der Waals surface area contributed by atoms with Crippen molar-refractivity contribution in [1.29, 1.82) is 0 Å². The molecule has 0 heterocycles. The van der Waals surface area contributed by atoms with Gasteiger partial charge in [0.25, 0.3) is 0 Å². The summed E-state index contributed by atoms with van der Waals surface area (Å²) in [5.74, 6) is 0.239. The van der Waals surface area contributed by atoms with Crippen molar-refractivity contribution in [3.63, 3.8) is 0 Å². The van der Waals surface area contributed by atoms with Crippen molar-refractivity contribution in [3.05, 3.63) is 65.2 Å². The van der Waals surface area contributed by atoms with E-state index < -0.39 is 6.04 Å². The minimum absolute atomic E-state index is 0.0127. The van der Waals surface area contributed by atoms with Crippen LogP contribution >= 0.6 is 11.8 Å². The predicted octanol–water partition coefficient (Wildman–Crippen LogP) is 5.12. The van der Waals surface area contributed by atoms with E-state index in [0.29, 0.717) is 25.3 Å². The zero-order valence-corrected chi connectivity index (χ0v) is 19.4. The lowest BCUT2D eigenvalue weighted by Crippen LogP contribution is -2.49. The highest BCUT2D eigenvalue weighted by atomic mass is 32.2. The van der Waals surface area contributed by atoms with E-state index in [2.05, 4.69) is 12.2 Å². The number of benzene rings is 2. The van der Waals surface area contributed by atoms with E-state index in [1.165, 1.54) is 17.3 Å². The van der Waals surface area contributed by atoms with Gasteiger partial charge in [-0.1, -0.05) is 62.2 Å². The van der Waals surface area contributed by atoms with E-state index in [-0.39, 0.29) is 11.8 Å². The normalized spacial score (nSPS) is 11.7. The second-order valence-corrected chi connectivity index (χ2v) is 8.67. The molecule has 1 atom stereocenters. The summed E-state index contributed by atoms with van der Waals surface area (Å²) >= 11 is 1.52. The van der Waals surface area contributed by atoms with Gasteiger partial charge in [0, 0.05) is 18.0 Å². The molecular formula is C25H34N2O2S. The minimum atomic E-state index is -0.465. The number of nitrogens with one attached hydrogen (secondary N) is 1. The van der Waals surface area contributed by atoms with Crippen LogP contribution in [0.2, 0.25) is 0 Å². The molecule has 162 valence electrons. The van der Waals surface area contributed by atoms with Crippen molar-refractivity contribution in [2.75, 3.05) is 12.3 Å². The van der Waals surface area contributed by atoms with Gasteiger partial charge in [0.15, 0.2) is 0 Å². The summed E-state index contributed by atoms with van der Waals surface area (Å²) in [6.07, 6.45) is 2.55. The Bertz CT molecular complexity index is 820. The van der Waals surface area contributed by atoms with E-state index in [4.69, 9.17) is 0 Å². The lowest BCUT2D eigenvalue weighted by molar-refractivity contribution is -0.139. The van der Waals surface area contributed by atoms with Crippen LogP contribution < -0.4 is 5.32 Å². The Morgan fingerprint density at radius 2 is 1.73 bits per heavy atom. The van der Waals surface area contributed by atoms with Crippen LogP contribution in [0.3, 0.4) is 0 Å². The largest absolute Gasteiger partial charge is 0.354 e. The quantitative estimate of drug-likeness (QED) is 0.401. The standard InChI is InChI=1S/C25H34N2O2S/c1-5-7-16-26-25(29)23(6-2)27(17-21-11-9-8-10-20(21)4)24(28)18-30-22-14-12-19(3)13-15-22/h8-15,23H,5-7,16-18H2,1-4H3,(H,26,29)/t23-/m1/s1. The molecule has 0 saturated carbocycles. The van der Waals surface area contributed by atoms with Crippen LogP contribution in [0.4, 0.5) is 0 Å². The van der Waals surface area contributed by atoms with Gasteiger partial charge in [-0.05, 0) is 49.9 Å². The molecule has 0 spiro atoms. The molecule has 0 aliphatic rings. The molecule has 4 nitrogen and oxygen atoms in total. The summed E-state index contributed by atoms with van der Waals surface area (Å²) in [5, 5.41) is 3.01. The smallest absolute Gasteiger partial charge is 0.242 e. The molecular weight excluding hydrogens is 392 g/mol. The fourth-order valence-electron chi connectivity index (χ4n) is 3.26. The average molecular weight is 427 g/mol. The SMILES string of the molecule is CCCCNC(=O)[C@@H](CC)N(Cc1ccccc1C)C(=O)CSc1ccc(C)cc1. The highest BCUT2D eigenvalue weighted by molar-refractivity contribution is 8.00. The van der Waals surface area contributed by atoms with Crippen LogP contribution in [0, 0.1) is 13.8 Å². The van der Waals surface area contributed by atoms with E-state index >= 15 is 0 Å². The molecule has 0 radical (unpaired) electrons. The Labute approximate surface area is 185 Å². The highest BCUT2D eigenvalue weighted by Crippen LogP contribution is 2.21. The third-order valence-corrected chi connectivity index (χ3v) is 6.20. The van der Waals surface area contributed by atoms with Gasteiger partial charge in [-0.3, -0.25) is 9.59 Å². The number of nitrogens with zero attached hydrogens (tertiary/aromatic N) is 1. The van der Waals surface area contributed by atoms with Gasteiger partial charge in [0.2, 0.25) is 11.8 Å². The highest BCUT2D eigenvalue weighted by Gasteiger charge is 2.28. The van der Waals surface area contributed by atoms with Gasteiger partial charge >= 0.3 is 0 Å². The van der Waals surface area contributed by atoms with Crippen molar-refractivity contribution in [2.45, 2.75) is 64.4 Å². The Balaban J connectivity index is 2.17. The zero-order valence-electron chi connectivity index (χ0n) is 18.6. The first-order valence-corrected chi connectivity index (χ1v) is 11.8. The lowest BCUT2D eigenvalue weighted by Gasteiger charge is -2.31. The number of aryl methyl sites for hydroxylation is 2. The monoisotopic (exact) mass is 426 g/mol. The maximum atomic E-state index is 13.3. The topological polar surface area (TPSA) is 49.4 Å². The molecule has 0 saturated heterocycles.